The van der Waals surface area contributed by atoms with Crippen LogP contribution >= 0.6 is 11.6 Å². The molecular weight excluding hydrogens is 262 g/mol. The molecule has 3 rings (SSSR count). The highest BCUT2D eigenvalue weighted by atomic mass is 35.5. The summed E-state index contributed by atoms with van der Waals surface area (Å²) in [5, 5.41) is 6.93. The van der Waals surface area contributed by atoms with Crippen LogP contribution in [0.2, 0.25) is 5.02 Å². The summed E-state index contributed by atoms with van der Waals surface area (Å²) in [5.41, 5.74) is 1.64. The van der Waals surface area contributed by atoms with Gasteiger partial charge in [-0.15, -0.1) is 0 Å². The Kier molecular flexibility index (Phi) is 2.97. The first kappa shape index (κ1) is 11.8. The van der Waals surface area contributed by atoms with Gasteiger partial charge in [0, 0.05) is 30.2 Å². The zero-order chi connectivity index (χ0) is 13.2. The van der Waals surface area contributed by atoms with Crippen LogP contribution in [-0.4, -0.2) is 21.4 Å². The van der Waals surface area contributed by atoms with Gasteiger partial charge in [0.25, 0.3) is 0 Å². The average Bonchev–Trinajstić information content (AvgIpc) is 2.87. The summed E-state index contributed by atoms with van der Waals surface area (Å²) < 4.78 is 1.91. The highest BCUT2D eigenvalue weighted by Crippen LogP contribution is 2.22. The van der Waals surface area contributed by atoms with Gasteiger partial charge in [0.1, 0.15) is 5.82 Å². The molecule has 0 spiro atoms. The summed E-state index contributed by atoms with van der Waals surface area (Å²) in [6.07, 6.45) is 5.49. The Hall–Kier alpha value is -2.27. The number of hydrogen-bond donors (Lipinski definition) is 2. The molecule has 1 aromatic carbocycles. The molecule has 2 heterocycles. The third kappa shape index (κ3) is 2.32. The Morgan fingerprint density at radius 1 is 1.32 bits per heavy atom. The van der Waals surface area contributed by atoms with Crippen LogP contribution < -0.4 is 10.6 Å². The molecule has 0 bridgehead atoms. The minimum Gasteiger partial charge on any atom is -0.372 e. The average molecular weight is 274 g/mol. The highest BCUT2D eigenvalue weighted by Gasteiger charge is 2.07. The fourth-order valence-electron chi connectivity index (χ4n) is 1.84. The van der Waals surface area contributed by atoms with Crippen molar-refractivity contribution in [1.82, 2.24) is 14.4 Å². The topological polar surface area (TPSA) is 54.2 Å². The van der Waals surface area contributed by atoms with Crippen molar-refractivity contribution in [3.8, 4) is 0 Å². The Morgan fingerprint density at radius 2 is 2.21 bits per heavy atom. The van der Waals surface area contributed by atoms with Crippen molar-refractivity contribution in [2.75, 3.05) is 17.7 Å². The van der Waals surface area contributed by atoms with E-state index < -0.39 is 0 Å². The van der Waals surface area contributed by atoms with Crippen molar-refractivity contribution in [3.05, 3.63) is 47.9 Å². The zero-order valence-corrected chi connectivity index (χ0v) is 11.0. The van der Waals surface area contributed by atoms with Crippen LogP contribution in [0.15, 0.2) is 42.9 Å². The van der Waals surface area contributed by atoms with Crippen LogP contribution in [0, 0.1) is 0 Å². The Labute approximate surface area is 115 Å². The second kappa shape index (κ2) is 4.78. The van der Waals surface area contributed by atoms with Gasteiger partial charge in [-0.1, -0.05) is 17.7 Å². The molecule has 0 aliphatic rings. The van der Waals surface area contributed by atoms with Crippen LogP contribution in [-0.2, 0) is 0 Å². The number of imidazole rings is 1. The molecule has 6 heteroatoms. The quantitative estimate of drug-likeness (QED) is 0.770. The van der Waals surface area contributed by atoms with Crippen molar-refractivity contribution in [2.45, 2.75) is 0 Å². The summed E-state index contributed by atoms with van der Waals surface area (Å²) in [6.45, 7) is 0. The summed E-state index contributed by atoms with van der Waals surface area (Å²) >= 11 is 5.97. The van der Waals surface area contributed by atoms with Gasteiger partial charge in [-0.2, -0.15) is 0 Å². The normalized spacial score (nSPS) is 10.6. The van der Waals surface area contributed by atoms with E-state index in [0.717, 1.165) is 17.2 Å². The summed E-state index contributed by atoms with van der Waals surface area (Å²) in [6, 6.07) is 7.48. The van der Waals surface area contributed by atoms with E-state index >= 15 is 0 Å². The van der Waals surface area contributed by atoms with E-state index in [-0.39, 0.29) is 0 Å². The van der Waals surface area contributed by atoms with Gasteiger partial charge in [-0.25, -0.2) is 9.97 Å². The molecule has 5 nitrogen and oxygen atoms in total. The zero-order valence-electron chi connectivity index (χ0n) is 10.3. The Bertz CT molecular complexity index is 722. The first-order valence-corrected chi connectivity index (χ1v) is 6.18. The van der Waals surface area contributed by atoms with Gasteiger partial charge >= 0.3 is 0 Å². The molecule has 0 aliphatic heterocycles. The summed E-state index contributed by atoms with van der Waals surface area (Å²) in [4.78, 5) is 8.76. The second-order valence-corrected chi connectivity index (χ2v) is 4.45. The van der Waals surface area contributed by atoms with Crippen LogP contribution in [0.25, 0.3) is 5.65 Å². The monoisotopic (exact) mass is 273 g/mol. The minimum absolute atomic E-state index is 0.675. The molecule has 0 fully saturated rings. The molecule has 0 saturated carbocycles. The van der Waals surface area contributed by atoms with E-state index in [1.54, 1.807) is 6.20 Å². The van der Waals surface area contributed by atoms with Crippen molar-refractivity contribution in [1.29, 1.82) is 0 Å². The Balaban J connectivity index is 2.06. The van der Waals surface area contributed by atoms with Crippen LogP contribution in [0.4, 0.5) is 17.3 Å². The van der Waals surface area contributed by atoms with Crippen LogP contribution in [0.3, 0.4) is 0 Å². The smallest absolute Gasteiger partial charge is 0.180 e. The number of nitrogens with zero attached hydrogens (tertiary/aromatic N) is 3. The second-order valence-electron chi connectivity index (χ2n) is 4.02. The van der Waals surface area contributed by atoms with Gasteiger partial charge in [0.05, 0.1) is 6.20 Å². The number of hydrogen-bond acceptors (Lipinski definition) is 4. The number of benzene rings is 1. The fraction of sp³-hybridized carbons (Fsp3) is 0.0769. The van der Waals surface area contributed by atoms with E-state index in [2.05, 4.69) is 20.6 Å². The molecule has 0 amide bonds. The lowest BCUT2D eigenvalue weighted by Gasteiger charge is -2.09. The first-order valence-electron chi connectivity index (χ1n) is 5.80. The lowest BCUT2D eigenvalue weighted by Crippen LogP contribution is -2.02. The SMILES string of the molecule is CNc1cn2ccnc2c(Nc2cccc(Cl)c2)n1. The van der Waals surface area contributed by atoms with E-state index in [4.69, 9.17) is 11.6 Å². The van der Waals surface area contributed by atoms with Crippen molar-refractivity contribution >= 4 is 34.6 Å². The molecule has 0 unspecified atom stereocenters. The summed E-state index contributed by atoms with van der Waals surface area (Å²) in [7, 11) is 1.83. The van der Waals surface area contributed by atoms with Crippen molar-refractivity contribution < 1.29 is 0 Å². The largest absolute Gasteiger partial charge is 0.372 e. The summed E-state index contributed by atoms with van der Waals surface area (Å²) in [5.74, 6) is 1.44. The fourth-order valence-corrected chi connectivity index (χ4v) is 2.03. The highest BCUT2D eigenvalue weighted by molar-refractivity contribution is 6.30. The van der Waals surface area contributed by atoms with Gasteiger partial charge in [0.15, 0.2) is 11.5 Å². The number of halogens is 1. The molecule has 19 heavy (non-hydrogen) atoms. The molecule has 2 N–H and O–H groups in total. The molecule has 2 aromatic heterocycles. The number of nitrogens with one attached hydrogen (secondary N) is 2. The standard InChI is InChI=1S/C13H12ClN5/c1-15-11-8-19-6-5-16-13(19)12(18-11)17-10-4-2-3-9(14)7-10/h2-8,15H,1H3,(H,17,18). The number of anilines is 3. The molecule has 96 valence electrons. The van der Waals surface area contributed by atoms with Crippen molar-refractivity contribution in [2.24, 2.45) is 0 Å². The molecular formula is C13H12ClN5. The predicted octanol–water partition coefficient (Wildman–Crippen LogP) is 3.17. The molecule has 0 aliphatic carbocycles. The lowest BCUT2D eigenvalue weighted by atomic mass is 10.3. The van der Waals surface area contributed by atoms with Crippen LogP contribution in [0.1, 0.15) is 0 Å². The maximum Gasteiger partial charge on any atom is 0.180 e. The van der Waals surface area contributed by atoms with E-state index in [0.29, 0.717) is 10.8 Å². The van der Waals surface area contributed by atoms with E-state index in [1.807, 2.05) is 48.1 Å². The first-order chi connectivity index (χ1) is 9.26. The van der Waals surface area contributed by atoms with E-state index in [1.165, 1.54) is 0 Å². The molecule has 0 atom stereocenters. The van der Waals surface area contributed by atoms with E-state index in [9.17, 15) is 0 Å². The maximum absolute atomic E-state index is 5.97. The van der Waals surface area contributed by atoms with Gasteiger partial charge in [0.2, 0.25) is 0 Å². The number of aromatic nitrogens is 3. The molecule has 0 radical (unpaired) electrons. The number of fused-ring (bicyclic) bond motifs is 1. The van der Waals surface area contributed by atoms with Gasteiger partial charge in [-0.05, 0) is 18.2 Å². The Morgan fingerprint density at radius 3 is 3.00 bits per heavy atom. The molecule has 0 saturated heterocycles. The third-order valence-electron chi connectivity index (χ3n) is 2.72. The third-order valence-corrected chi connectivity index (χ3v) is 2.95. The molecule has 3 aromatic rings. The number of rotatable bonds is 3. The minimum atomic E-state index is 0.675. The predicted molar refractivity (Wildman–Crippen MR) is 77.3 cm³/mol. The lowest BCUT2D eigenvalue weighted by molar-refractivity contribution is 1.12. The van der Waals surface area contributed by atoms with Crippen LogP contribution in [0.5, 0.6) is 0 Å². The van der Waals surface area contributed by atoms with Gasteiger partial charge in [-0.3, -0.25) is 0 Å². The maximum atomic E-state index is 5.97. The van der Waals surface area contributed by atoms with Gasteiger partial charge < -0.3 is 15.0 Å². The van der Waals surface area contributed by atoms with Crippen molar-refractivity contribution in [3.63, 3.8) is 0 Å².